The van der Waals surface area contributed by atoms with Gasteiger partial charge in [0.2, 0.25) is 0 Å². The zero-order valence-electron chi connectivity index (χ0n) is 8.29. The highest BCUT2D eigenvalue weighted by atomic mass is 16.5. The van der Waals surface area contributed by atoms with Crippen LogP contribution in [-0.2, 0) is 9.53 Å². The van der Waals surface area contributed by atoms with E-state index in [0.717, 1.165) is 12.3 Å². The molecule has 1 rings (SSSR count). The Bertz CT molecular complexity index is 179. The Hall–Kier alpha value is -0.790. The van der Waals surface area contributed by atoms with Gasteiger partial charge in [-0.2, -0.15) is 0 Å². The quantitative estimate of drug-likeness (QED) is 0.493. The summed E-state index contributed by atoms with van der Waals surface area (Å²) in [5.74, 6) is 0.603. The number of esters is 1. The van der Waals surface area contributed by atoms with Crippen molar-refractivity contribution in [3.63, 3.8) is 0 Å². The molecule has 0 aromatic heterocycles. The molecule has 1 aliphatic rings. The number of hydrogen-bond acceptors (Lipinski definition) is 2. The lowest BCUT2D eigenvalue weighted by molar-refractivity contribution is -0.137. The maximum absolute atomic E-state index is 10.9. The van der Waals surface area contributed by atoms with Crippen molar-refractivity contribution in [3.8, 4) is 0 Å². The Labute approximate surface area is 80.0 Å². The summed E-state index contributed by atoms with van der Waals surface area (Å²) in [5.41, 5.74) is 0. The zero-order chi connectivity index (χ0) is 9.52. The van der Waals surface area contributed by atoms with Crippen LogP contribution >= 0.6 is 0 Å². The van der Waals surface area contributed by atoms with Crippen LogP contribution in [0.4, 0.5) is 0 Å². The van der Waals surface area contributed by atoms with Crippen LogP contribution in [0.3, 0.4) is 0 Å². The molecule has 0 bridgehead atoms. The second kappa shape index (κ2) is 5.79. The van der Waals surface area contributed by atoms with E-state index in [1.54, 1.807) is 6.08 Å². The third-order valence-corrected chi connectivity index (χ3v) is 2.48. The summed E-state index contributed by atoms with van der Waals surface area (Å²) in [6.45, 7) is 2.29. The number of ether oxygens (including phenoxy) is 1. The van der Waals surface area contributed by atoms with Gasteiger partial charge in [0.25, 0.3) is 0 Å². The predicted molar refractivity (Wildman–Crippen MR) is 52.3 cm³/mol. The minimum atomic E-state index is -0.208. The normalized spacial score (nSPS) is 18.2. The molecule has 0 aliphatic heterocycles. The molecule has 0 aromatic carbocycles. The Morgan fingerprint density at radius 2 is 2.15 bits per heavy atom. The molecule has 0 atom stereocenters. The van der Waals surface area contributed by atoms with Gasteiger partial charge >= 0.3 is 5.97 Å². The third kappa shape index (κ3) is 4.11. The molecule has 2 heteroatoms. The lowest BCUT2D eigenvalue weighted by atomic mass is 10.0. The second-order valence-electron chi connectivity index (χ2n) is 3.54. The van der Waals surface area contributed by atoms with E-state index in [-0.39, 0.29) is 5.97 Å². The van der Waals surface area contributed by atoms with Crippen molar-refractivity contribution >= 4 is 5.97 Å². The van der Waals surface area contributed by atoms with E-state index in [1.165, 1.54) is 25.7 Å². The van der Waals surface area contributed by atoms with E-state index < -0.39 is 0 Å². The SMILES string of the molecule is CCOC(=O)/C=C/CC1CCCC1. The first-order chi connectivity index (χ1) is 6.33. The molecule has 0 saturated heterocycles. The third-order valence-electron chi connectivity index (χ3n) is 2.48. The molecule has 1 saturated carbocycles. The van der Waals surface area contributed by atoms with Crippen molar-refractivity contribution < 1.29 is 9.53 Å². The standard InChI is InChI=1S/C11H18O2/c1-2-13-11(12)9-5-8-10-6-3-4-7-10/h5,9-10H,2-4,6-8H2,1H3/b9-5+. The Morgan fingerprint density at radius 1 is 1.46 bits per heavy atom. The number of carbonyl (C=O) groups excluding carboxylic acids is 1. The van der Waals surface area contributed by atoms with Gasteiger partial charge in [0, 0.05) is 6.08 Å². The van der Waals surface area contributed by atoms with Crippen molar-refractivity contribution in [2.24, 2.45) is 5.92 Å². The summed E-state index contributed by atoms with van der Waals surface area (Å²) in [7, 11) is 0. The highest BCUT2D eigenvalue weighted by Crippen LogP contribution is 2.27. The zero-order valence-corrected chi connectivity index (χ0v) is 8.29. The molecular weight excluding hydrogens is 164 g/mol. The molecular formula is C11H18O2. The van der Waals surface area contributed by atoms with Crippen LogP contribution in [0.1, 0.15) is 39.0 Å². The molecule has 0 amide bonds. The summed E-state index contributed by atoms with van der Waals surface area (Å²) < 4.78 is 4.78. The van der Waals surface area contributed by atoms with Crippen LogP contribution in [-0.4, -0.2) is 12.6 Å². The first-order valence-corrected chi connectivity index (χ1v) is 5.16. The molecule has 74 valence electrons. The highest BCUT2D eigenvalue weighted by Gasteiger charge is 2.12. The number of allylic oxidation sites excluding steroid dienone is 1. The predicted octanol–water partition coefficient (Wildman–Crippen LogP) is 2.69. The average molecular weight is 182 g/mol. The Balaban J connectivity index is 2.12. The highest BCUT2D eigenvalue weighted by molar-refractivity contribution is 5.81. The summed E-state index contributed by atoms with van der Waals surface area (Å²) in [6, 6.07) is 0. The second-order valence-corrected chi connectivity index (χ2v) is 3.54. The maximum Gasteiger partial charge on any atom is 0.330 e. The smallest absolute Gasteiger partial charge is 0.330 e. The van der Waals surface area contributed by atoms with E-state index >= 15 is 0 Å². The van der Waals surface area contributed by atoms with Gasteiger partial charge in [-0.05, 0) is 19.3 Å². The van der Waals surface area contributed by atoms with Crippen molar-refractivity contribution in [2.75, 3.05) is 6.61 Å². The number of rotatable bonds is 4. The van der Waals surface area contributed by atoms with E-state index in [2.05, 4.69) is 0 Å². The summed E-state index contributed by atoms with van der Waals surface area (Å²) in [4.78, 5) is 10.9. The van der Waals surface area contributed by atoms with Crippen molar-refractivity contribution in [1.29, 1.82) is 0 Å². The lowest BCUT2D eigenvalue weighted by Gasteiger charge is -2.02. The summed E-state index contributed by atoms with van der Waals surface area (Å²) in [6.07, 6.45) is 9.92. The summed E-state index contributed by atoms with van der Waals surface area (Å²) >= 11 is 0. The van der Waals surface area contributed by atoms with Gasteiger partial charge in [0.15, 0.2) is 0 Å². The van der Waals surface area contributed by atoms with Gasteiger partial charge in [-0.25, -0.2) is 4.79 Å². The van der Waals surface area contributed by atoms with Crippen LogP contribution in [0.15, 0.2) is 12.2 Å². The van der Waals surface area contributed by atoms with Crippen molar-refractivity contribution in [2.45, 2.75) is 39.0 Å². The minimum absolute atomic E-state index is 0.208. The van der Waals surface area contributed by atoms with Crippen LogP contribution in [0.2, 0.25) is 0 Å². The van der Waals surface area contributed by atoms with Crippen LogP contribution in [0.5, 0.6) is 0 Å². The Kier molecular flexibility index (Phi) is 4.58. The first kappa shape index (κ1) is 10.3. The monoisotopic (exact) mass is 182 g/mol. The Morgan fingerprint density at radius 3 is 2.77 bits per heavy atom. The lowest BCUT2D eigenvalue weighted by Crippen LogP contribution is -1.99. The van der Waals surface area contributed by atoms with Crippen molar-refractivity contribution in [3.05, 3.63) is 12.2 Å². The van der Waals surface area contributed by atoms with Crippen LogP contribution in [0, 0.1) is 5.92 Å². The van der Waals surface area contributed by atoms with Gasteiger partial charge in [-0.1, -0.05) is 31.8 Å². The molecule has 0 N–H and O–H groups in total. The minimum Gasteiger partial charge on any atom is -0.463 e. The largest absolute Gasteiger partial charge is 0.463 e. The van der Waals surface area contributed by atoms with E-state index in [4.69, 9.17) is 4.74 Å². The molecule has 1 aliphatic carbocycles. The fraction of sp³-hybridized carbons (Fsp3) is 0.727. The maximum atomic E-state index is 10.9. The molecule has 0 unspecified atom stereocenters. The fourth-order valence-corrected chi connectivity index (χ4v) is 1.79. The van der Waals surface area contributed by atoms with Gasteiger partial charge < -0.3 is 4.74 Å². The molecule has 1 fully saturated rings. The van der Waals surface area contributed by atoms with Crippen LogP contribution < -0.4 is 0 Å². The van der Waals surface area contributed by atoms with E-state index in [1.807, 2.05) is 13.0 Å². The summed E-state index contributed by atoms with van der Waals surface area (Å²) in [5, 5.41) is 0. The molecule has 2 nitrogen and oxygen atoms in total. The van der Waals surface area contributed by atoms with E-state index in [0.29, 0.717) is 6.61 Å². The first-order valence-electron chi connectivity index (χ1n) is 5.16. The molecule has 0 heterocycles. The number of hydrogen-bond donors (Lipinski definition) is 0. The fourth-order valence-electron chi connectivity index (χ4n) is 1.79. The topological polar surface area (TPSA) is 26.3 Å². The molecule has 0 aromatic rings. The van der Waals surface area contributed by atoms with Crippen molar-refractivity contribution in [1.82, 2.24) is 0 Å². The number of carbonyl (C=O) groups is 1. The van der Waals surface area contributed by atoms with Gasteiger partial charge in [-0.3, -0.25) is 0 Å². The van der Waals surface area contributed by atoms with E-state index in [9.17, 15) is 4.79 Å². The van der Waals surface area contributed by atoms with Gasteiger partial charge in [-0.15, -0.1) is 0 Å². The molecule has 0 spiro atoms. The molecule has 0 radical (unpaired) electrons. The van der Waals surface area contributed by atoms with Crippen LogP contribution in [0.25, 0.3) is 0 Å². The van der Waals surface area contributed by atoms with Gasteiger partial charge in [0.1, 0.15) is 0 Å². The molecule has 13 heavy (non-hydrogen) atoms. The van der Waals surface area contributed by atoms with Gasteiger partial charge in [0.05, 0.1) is 6.61 Å². The average Bonchev–Trinajstić information content (AvgIpc) is 2.57.